The number of aromatic nitrogens is 2. The minimum atomic E-state index is -0.797. The van der Waals surface area contributed by atoms with Crippen molar-refractivity contribution in [3.63, 3.8) is 0 Å². The quantitative estimate of drug-likeness (QED) is 0.309. The first-order valence-corrected chi connectivity index (χ1v) is 10.8. The number of carbonyl (C=O) groups is 1. The van der Waals surface area contributed by atoms with Crippen molar-refractivity contribution in [3.8, 4) is 29.4 Å². The number of hydrogen-bond donors (Lipinski definition) is 4. The van der Waals surface area contributed by atoms with Gasteiger partial charge in [-0.1, -0.05) is 29.8 Å². The van der Waals surface area contributed by atoms with E-state index in [1.54, 1.807) is 23.6 Å². The zero-order chi connectivity index (χ0) is 23.5. The van der Waals surface area contributed by atoms with E-state index in [2.05, 4.69) is 26.5 Å². The number of anilines is 1. The van der Waals surface area contributed by atoms with Crippen molar-refractivity contribution < 1.29 is 19.4 Å². The number of hydrogen-bond acceptors (Lipinski definition) is 6. The molecular weight excluding hydrogens is 467 g/mol. The van der Waals surface area contributed by atoms with E-state index in [-0.39, 0.29) is 27.7 Å². The molecule has 0 aliphatic rings. The first-order valence-electron chi connectivity index (χ1n) is 9.57. The summed E-state index contributed by atoms with van der Waals surface area (Å²) in [6.45, 7) is -0.414. The highest BCUT2D eigenvalue weighted by Crippen LogP contribution is 2.39. The number of pyridine rings is 1. The highest BCUT2D eigenvalue weighted by atomic mass is 35.5. The van der Waals surface area contributed by atoms with Crippen molar-refractivity contribution in [3.05, 3.63) is 69.4 Å². The van der Waals surface area contributed by atoms with Gasteiger partial charge in [0.05, 0.1) is 18.0 Å². The minimum absolute atomic E-state index is 0.105. The summed E-state index contributed by atoms with van der Waals surface area (Å²) in [7, 11) is 0. The van der Waals surface area contributed by atoms with Crippen LogP contribution < -0.4 is 10.6 Å². The van der Waals surface area contributed by atoms with Crippen LogP contribution in [0, 0.1) is 18.2 Å². The molecule has 4 rings (SSSR count). The number of rotatable bonds is 5. The molecule has 0 bridgehead atoms. The van der Waals surface area contributed by atoms with Crippen LogP contribution in [0.25, 0.3) is 21.9 Å². The van der Waals surface area contributed by atoms with Crippen LogP contribution in [0.1, 0.15) is 16.6 Å². The summed E-state index contributed by atoms with van der Waals surface area (Å²) in [6, 6.07) is 7.76. The van der Waals surface area contributed by atoms with E-state index in [0.717, 1.165) is 0 Å². The number of aromatic hydroxyl groups is 1. The lowest BCUT2D eigenvalue weighted by molar-refractivity contribution is 0.225. The van der Waals surface area contributed by atoms with Crippen LogP contribution in [0.2, 0.25) is 5.02 Å². The fourth-order valence-corrected chi connectivity index (χ4v) is 4.22. The fourth-order valence-electron chi connectivity index (χ4n) is 3.38. The normalized spacial score (nSPS) is 11.7. The lowest BCUT2D eigenvalue weighted by Gasteiger charge is -2.18. The van der Waals surface area contributed by atoms with Crippen molar-refractivity contribution in [1.29, 1.82) is 0 Å². The first-order chi connectivity index (χ1) is 15.9. The lowest BCUT2D eigenvalue weighted by atomic mass is 9.96. The molecule has 0 aliphatic heterocycles. The van der Waals surface area contributed by atoms with Crippen molar-refractivity contribution in [1.82, 2.24) is 15.3 Å². The molecule has 2 amide bonds. The van der Waals surface area contributed by atoms with Gasteiger partial charge < -0.3 is 15.5 Å². The third kappa shape index (κ3) is 4.59. The summed E-state index contributed by atoms with van der Waals surface area (Å²) in [6.07, 6.45) is 6.69. The number of urea groups is 1. The van der Waals surface area contributed by atoms with Crippen LogP contribution >= 0.6 is 22.9 Å². The molecule has 4 N–H and O–H groups in total. The second kappa shape index (κ2) is 9.42. The maximum absolute atomic E-state index is 14.8. The molecule has 2 aromatic carbocycles. The van der Waals surface area contributed by atoms with Gasteiger partial charge in [-0.2, -0.15) is 0 Å². The van der Waals surface area contributed by atoms with Crippen LogP contribution in [0.15, 0.2) is 48.0 Å². The Morgan fingerprint density at radius 2 is 2.12 bits per heavy atom. The van der Waals surface area contributed by atoms with Gasteiger partial charge in [-0.05, 0) is 35.1 Å². The number of halogens is 2. The van der Waals surface area contributed by atoms with Crippen LogP contribution in [0.3, 0.4) is 0 Å². The zero-order valence-corrected chi connectivity index (χ0v) is 18.4. The summed E-state index contributed by atoms with van der Waals surface area (Å²) in [5, 5.41) is 28.2. The summed E-state index contributed by atoms with van der Waals surface area (Å²) in [4.78, 5) is 20.2. The number of thiazole rings is 1. The molecule has 0 radical (unpaired) electrons. The van der Waals surface area contributed by atoms with Gasteiger partial charge in [0.15, 0.2) is 5.01 Å². The number of benzene rings is 2. The van der Waals surface area contributed by atoms with Gasteiger partial charge in [-0.3, -0.25) is 5.32 Å². The maximum atomic E-state index is 14.8. The molecule has 0 spiro atoms. The molecular formula is C23H16ClFN4O3S. The third-order valence-electron chi connectivity index (χ3n) is 4.88. The number of terminal acetylenes is 1. The average Bonchev–Trinajstić information content (AvgIpc) is 3.25. The van der Waals surface area contributed by atoms with Crippen molar-refractivity contribution in [2.45, 2.75) is 6.04 Å². The first kappa shape index (κ1) is 22.5. The number of nitrogens with one attached hydrogen (secondary N) is 2. The van der Waals surface area contributed by atoms with E-state index in [1.165, 1.54) is 35.7 Å². The van der Waals surface area contributed by atoms with E-state index >= 15 is 0 Å². The monoisotopic (exact) mass is 482 g/mol. The smallest absolute Gasteiger partial charge is 0.320 e. The van der Waals surface area contributed by atoms with Crippen LogP contribution in [-0.4, -0.2) is 32.8 Å². The largest absolute Gasteiger partial charge is 0.493 e. The number of fused-ring (bicyclic) bond motifs is 1. The molecule has 2 aromatic heterocycles. The Morgan fingerprint density at radius 1 is 1.30 bits per heavy atom. The predicted molar refractivity (Wildman–Crippen MR) is 126 cm³/mol. The van der Waals surface area contributed by atoms with Crippen LogP contribution in [0.5, 0.6) is 5.88 Å². The molecule has 0 fully saturated rings. The zero-order valence-electron chi connectivity index (χ0n) is 16.8. The van der Waals surface area contributed by atoms with E-state index in [1.807, 2.05) is 0 Å². The van der Waals surface area contributed by atoms with Gasteiger partial charge in [0, 0.05) is 27.7 Å². The van der Waals surface area contributed by atoms with Gasteiger partial charge in [0.1, 0.15) is 11.6 Å². The molecule has 10 heteroatoms. The van der Waals surface area contributed by atoms with E-state index in [9.17, 15) is 19.4 Å². The Morgan fingerprint density at radius 3 is 2.82 bits per heavy atom. The Bertz CT molecular complexity index is 1400. The molecule has 0 aliphatic carbocycles. The molecule has 0 saturated carbocycles. The van der Waals surface area contributed by atoms with E-state index in [0.29, 0.717) is 21.5 Å². The number of nitrogens with zero attached hydrogens (tertiary/aromatic N) is 2. The molecule has 0 unspecified atom stereocenters. The second-order valence-corrected chi connectivity index (χ2v) is 8.18. The summed E-state index contributed by atoms with van der Waals surface area (Å²) >= 11 is 7.68. The summed E-state index contributed by atoms with van der Waals surface area (Å²) < 4.78 is 14.8. The fraction of sp³-hybridized carbons (Fsp3) is 0.0870. The predicted octanol–water partition coefficient (Wildman–Crippen LogP) is 4.69. The van der Waals surface area contributed by atoms with Gasteiger partial charge in [0.25, 0.3) is 0 Å². The lowest BCUT2D eigenvalue weighted by Crippen LogP contribution is -2.34. The highest BCUT2D eigenvalue weighted by Gasteiger charge is 2.20. The third-order valence-corrected chi connectivity index (χ3v) is 5.97. The van der Waals surface area contributed by atoms with Gasteiger partial charge in [0.2, 0.25) is 5.88 Å². The molecule has 166 valence electrons. The van der Waals surface area contributed by atoms with Crippen molar-refractivity contribution in [2.75, 3.05) is 11.9 Å². The molecule has 1 atom stereocenters. The van der Waals surface area contributed by atoms with E-state index < -0.39 is 24.5 Å². The van der Waals surface area contributed by atoms with Crippen LogP contribution in [-0.2, 0) is 0 Å². The van der Waals surface area contributed by atoms with Gasteiger partial charge in [-0.25, -0.2) is 19.2 Å². The molecule has 0 saturated heterocycles. The summed E-state index contributed by atoms with van der Waals surface area (Å²) in [5.41, 5.74) is 0.929. The van der Waals surface area contributed by atoms with E-state index in [4.69, 9.17) is 18.0 Å². The number of aliphatic hydroxyl groups excluding tert-OH is 1. The molecule has 2 heterocycles. The standard InChI is InChI=1S/C23H16ClFN4O3S/c1-2-19-28-18(11-33-19)29-23(32)27-17(10-30)13-3-5-14(15(24)9-13)21-16(25)6-4-12-7-8-26-22(31)20(12)21/h1,3-9,11,17,30H,10H2,(H,26,31)(H2,27,29,32)/t17-/m0/s1. The number of carbonyl (C=O) groups excluding carboxylic acids is 1. The van der Waals surface area contributed by atoms with Crippen molar-refractivity contribution in [2.24, 2.45) is 0 Å². The SMILES string of the molecule is C#Cc1nc(NC(=O)N[C@@H](CO)c2ccc(-c3c(F)ccc4ccnc(O)c34)c(Cl)c2)cs1. The Hall–Kier alpha value is -3.71. The second-order valence-electron chi connectivity index (χ2n) is 6.91. The molecule has 7 nitrogen and oxygen atoms in total. The Labute approximate surface area is 196 Å². The van der Waals surface area contributed by atoms with Crippen molar-refractivity contribution >= 4 is 45.6 Å². The highest BCUT2D eigenvalue weighted by molar-refractivity contribution is 7.10. The molecule has 4 aromatic rings. The van der Waals surface area contributed by atoms with Gasteiger partial charge in [-0.15, -0.1) is 17.8 Å². The maximum Gasteiger partial charge on any atom is 0.320 e. The number of amides is 2. The molecule has 33 heavy (non-hydrogen) atoms. The van der Waals surface area contributed by atoms with Crippen LogP contribution in [0.4, 0.5) is 15.0 Å². The average molecular weight is 483 g/mol. The Balaban J connectivity index is 1.62. The summed E-state index contributed by atoms with van der Waals surface area (Å²) in [5.74, 6) is 1.77. The minimum Gasteiger partial charge on any atom is -0.493 e. The topological polar surface area (TPSA) is 107 Å². The van der Waals surface area contributed by atoms with Gasteiger partial charge >= 0.3 is 6.03 Å². The number of aliphatic hydroxyl groups is 1. The Kier molecular flexibility index (Phi) is 6.42.